The van der Waals surface area contributed by atoms with E-state index in [2.05, 4.69) is 21.3 Å². The van der Waals surface area contributed by atoms with Crippen molar-refractivity contribution in [2.45, 2.75) is 76.7 Å². The van der Waals surface area contributed by atoms with E-state index in [1.165, 1.54) is 6.92 Å². The first-order valence-electron chi connectivity index (χ1n) is 12.6. The summed E-state index contributed by atoms with van der Waals surface area (Å²) in [4.78, 5) is 95.4. The average molecular weight is 590 g/mol. The van der Waals surface area contributed by atoms with Crippen LogP contribution in [0, 0.1) is 5.92 Å². The van der Waals surface area contributed by atoms with E-state index in [0.717, 1.165) is 0 Å². The maximum absolute atomic E-state index is 12.6. The summed E-state index contributed by atoms with van der Waals surface area (Å²) in [6.07, 6.45) is -1.60. The number of hydrogen-bond donors (Lipinski definition) is 10. The molecule has 0 spiro atoms. The van der Waals surface area contributed by atoms with Gasteiger partial charge in [-0.05, 0) is 25.7 Å². The maximum Gasteiger partial charge on any atom is 0.326 e. The molecule has 0 bridgehead atoms. The fourth-order valence-electron chi connectivity index (χ4n) is 3.22. The summed E-state index contributed by atoms with van der Waals surface area (Å²) in [6, 6.07) is -6.88. The number of carboxylic acids is 2. The Balaban J connectivity index is 5.22. The van der Waals surface area contributed by atoms with Gasteiger partial charge in [0.05, 0.1) is 19.6 Å². The number of nitrogens with one attached hydrogen (secondary N) is 5. The van der Waals surface area contributed by atoms with Crippen molar-refractivity contribution in [2.24, 2.45) is 17.4 Å². The van der Waals surface area contributed by atoms with Crippen molar-refractivity contribution in [3.63, 3.8) is 0 Å². The number of aliphatic carboxylic acids is 2. The molecule has 18 heteroatoms. The Hall–Kier alpha value is -4.32. The zero-order valence-electron chi connectivity index (χ0n) is 23.0. The second-order valence-electron chi connectivity index (χ2n) is 9.55. The van der Waals surface area contributed by atoms with Crippen molar-refractivity contribution < 1.29 is 53.7 Å². The fourth-order valence-corrected chi connectivity index (χ4v) is 3.22. The van der Waals surface area contributed by atoms with Gasteiger partial charge < -0.3 is 53.4 Å². The Morgan fingerprint density at radius 3 is 1.80 bits per heavy atom. The maximum atomic E-state index is 12.6. The Labute approximate surface area is 235 Å². The van der Waals surface area contributed by atoms with Gasteiger partial charge in [-0.2, -0.15) is 0 Å². The molecule has 0 radical (unpaired) electrons. The van der Waals surface area contributed by atoms with Crippen molar-refractivity contribution >= 4 is 47.4 Å². The largest absolute Gasteiger partial charge is 0.481 e. The Morgan fingerprint density at radius 1 is 0.756 bits per heavy atom. The van der Waals surface area contributed by atoms with E-state index in [0.29, 0.717) is 0 Å². The van der Waals surface area contributed by atoms with Gasteiger partial charge in [0.25, 0.3) is 0 Å². The molecule has 232 valence electrons. The van der Waals surface area contributed by atoms with Crippen LogP contribution in [-0.4, -0.2) is 106 Å². The molecular formula is C23H39N7O11. The Kier molecular flexibility index (Phi) is 16.2. The third-order valence-electron chi connectivity index (χ3n) is 5.37. The number of primary amides is 1. The lowest BCUT2D eigenvalue weighted by atomic mass is 10.0. The molecule has 0 saturated carbocycles. The van der Waals surface area contributed by atoms with E-state index in [1.54, 1.807) is 13.8 Å². The first-order chi connectivity index (χ1) is 19.0. The number of carbonyl (C=O) groups is 8. The number of carboxylic acid groups (broad SMARTS) is 2. The SMILES string of the molecule is CC(C)C[C@H](NC(=O)[C@@H](N)CO)C(=O)NCC(=O)N[C@@H](C)C(=O)N[C@@H](CCC(=O)O)C(=O)N[C@@H](CC(N)=O)C(=O)O. The van der Waals surface area contributed by atoms with Gasteiger partial charge in [-0.25, -0.2) is 4.79 Å². The van der Waals surface area contributed by atoms with Crippen molar-refractivity contribution in [3.05, 3.63) is 0 Å². The van der Waals surface area contributed by atoms with Crippen LogP contribution in [0.3, 0.4) is 0 Å². The lowest BCUT2D eigenvalue weighted by Crippen LogP contribution is -2.56. The zero-order valence-corrected chi connectivity index (χ0v) is 23.0. The number of hydrogen-bond acceptors (Lipinski definition) is 10. The molecule has 0 aliphatic carbocycles. The van der Waals surface area contributed by atoms with Crippen molar-refractivity contribution in [1.29, 1.82) is 0 Å². The van der Waals surface area contributed by atoms with Crippen LogP contribution in [0.5, 0.6) is 0 Å². The van der Waals surface area contributed by atoms with Gasteiger partial charge in [0.1, 0.15) is 30.2 Å². The summed E-state index contributed by atoms with van der Waals surface area (Å²) in [5.41, 5.74) is 10.4. The van der Waals surface area contributed by atoms with E-state index >= 15 is 0 Å². The van der Waals surface area contributed by atoms with E-state index in [1.807, 2.05) is 5.32 Å². The van der Waals surface area contributed by atoms with Crippen molar-refractivity contribution in [2.75, 3.05) is 13.2 Å². The fraction of sp³-hybridized carbons (Fsp3) is 0.652. The first kappa shape index (κ1) is 36.7. The minimum atomic E-state index is -1.73. The quantitative estimate of drug-likeness (QED) is 0.0679. The van der Waals surface area contributed by atoms with Crippen LogP contribution in [-0.2, 0) is 38.4 Å². The molecule has 18 nitrogen and oxygen atoms in total. The average Bonchev–Trinajstić information content (AvgIpc) is 2.87. The minimum absolute atomic E-state index is 0.0400. The molecule has 0 aliphatic heterocycles. The standard InChI is InChI=1S/C23H39N7O11/c1-10(2)6-14(29-20(37)12(24)9-31)21(38)26-8-17(33)27-11(3)19(36)28-13(4-5-18(34)35)22(39)30-15(23(40)41)7-16(25)32/h10-15,31H,4-9,24H2,1-3H3,(H2,25,32)(H,26,38)(H,27,33)(H,28,36)(H,29,37)(H,30,39)(H,34,35)(H,40,41)/t11-,12-,13-,14-,15-/m0/s1. The van der Waals surface area contributed by atoms with Crippen LogP contribution >= 0.6 is 0 Å². The molecule has 0 rings (SSSR count). The molecule has 6 amide bonds. The molecule has 41 heavy (non-hydrogen) atoms. The van der Waals surface area contributed by atoms with Gasteiger partial charge in [-0.15, -0.1) is 0 Å². The zero-order chi connectivity index (χ0) is 31.9. The van der Waals surface area contributed by atoms with E-state index < -0.39 is 110 Å². The minimum Gasteiger partial charge on any atom is -0.481 e. The van der Waals surface area contributed by atoms with Gasteiger partial charge >= 0.3 is 11.9 Å². The summed E-state index contributed by atoms with van der Waals surface area (Å²) in [6.45, 7) is 3.55. The van der Waals surface area contributed by atoms with Crippen molar-refractivity contribution in [3.8, 4) is 0 Å². The third-order valence-corrected chi connectivity index (χ3v) is 5.37. The van der Waals surface area contributed by atoms with Crippen LogP contribution < -0.4 is 38.1 Å². The Bertz CT molecular complexity index is 989. The lowest BCUT2D eigenvalue weighted by Gasteiger charge is -2.23. The van der Waals surface area contributed by atoms with Crippen LogP contribution in [0.2, 0.25) is 0 Å². The highest BCUT2D eigenvalue weighted by molar-refractivity contribution is 5.95. The van der Waals surface area contributed by atoms with E-state index in [-0.39, 0.29) is 12.3 Å². The molecule has 0 heterocycles. The molecular weight excluding hydrogens is 550 g/mol. The third kappa shape index (κ3) is 15.2. The lowest BCUT2D eigenvalue weighted by molar-refractivity contribution is -0.144. The van der Waals surface area contributed by atoms with Gasteiger partial charge in [0, 0.05) is 6.42 Å². The summed E-state index contributed by atoms with van der Waals surface area (Å²) in [7, 11) is 0. The monoisotopic (exact) mass is 589 g/mol. The van der Waals surface area contributed by atoms with Crippen LogP contribution in [0.1, 0.15) is 46.5 Å². The topological polar surface area (TPSA) is 309 Å². The number of amides is 6. The second kappa shape index (κ2) is 18.1. The van der Waals surface area contributed by atoms with E-state index in [9.17, 15) is 38.4 Å². The van der Waals surface area contributed by atoms with Crippen LogP contribution in [0.4, 0.5) is 0 Å². The summed E-state index contributed by atoms with van der Waals surface area (Å²) < 4.78 is 0. The normalized spacial score (nSPS) is 14.4. The molecule has 0 unspecified atom stereocenters. The highest BCUT2D eigenvalue weighted by Gasteiger charge is 2.30. The summed E-state index contributed by atoms with van der Waals surface area (Å²) in [5.74, 6) is -8.34. The molecule has 0 aliphatic rings. The van der Waals surface area contributed by atoms with E-state index in [4.69, 9.17) is 26.8 Å². The van der Waals surface area contributed by atoms with Crippen molar-refractivity contribution in [1.82, 2.24) is 26.6 Å². The molecule has 0 fully saturated rings. The first-order valence-corrected chi connectivity index (χ1v) is 12.6. The number of nitrogens with two attached hydrogens (primary N) is 2. The smallest absolute Gasteiger partial charge is 0.326 e. The highest BCUT2D eigenvalue weighted by atomic mass is 16.4. The molecule has 0 aromatic rings. The second-order valence-corrected chi connectivity index (χ2v) is 9.55. The number of rotatable bonds is 19. The number of carbonyl (C=O) groups excluding carboxylic acids is 6. The highest BCUT2D eigenvalue weighted by Crippen LogP contribution is 2.06. The predicted octanol–water partition coefficient (Wildman–Crippen LogP) is -4.75. The number of aliphatic hydroxyl groups excluding tert-OH is 1. The summed E-state index contributed by atoms with van der Waals surface area (Å²) in [5, 5.41) is 38.3. The molecule has 0 aromatic carbocycles. The van der Waals surface area contributed by atoms with Crippen LogP contribution in [0.25, 0.3) is 0 Å². The van der Waals surface area contributed by atoms with Gasteiger partial charge in [0.15, 0.2) is 0 Å². The molecule has 0 aromatic heterocycles. The number of aliphatic hydroxyl groups is 1. The predicted molar refractivity (Wildman–Crippen MR) is 139 cm³/mol. The summed E-state index contributed by atoms with van der Waals surface area (Å²) >= 11 is 0. The van der Waals surface area contributed by atoms with Gasteiger partial charge in [0.2, 0.25) is 35.4 Å². The molecule has 5 atom stereocenters. The van der Waals surface area contributed by atoms with Gasteiger partial charge in [-0.1, -0.05) is 13.8 Å². The van der Waals surface area contributed by atoms with Crippen LogP contribution in [0.15, 0.2) is 0 Å². The molecule has 12 N–H and O–H groups in total. The van der Waals surface area contributed by atoms with Gasteiger partial charge in [-0.3, -0.25) is 33.6 Å². The Morgan fingerprint density at radius 2 is 1.32 bits per heavy atom. The molecule has 0 saturated heterocycles.